The predicted octanol–water partition coefficient (Wildman–Crippen LogP) is 4.02. The molecule has 0 bridgehead atoms. The second-order valence-corrected chi connectivity index (χ2v) is 4.39. The van der Waals surface area contributed by atoms with Crippen LogP contribution in [0.3, 0.4) is 0 Å². The highest BCUT2D eigenvalue weighted by Gasteiger charge is 2.07. The molecule has 2 rings (SSSR count). The Hall–Kier alpha value is -2.13. The van der Waals surface area contributed by atoms with E-state index in [9.17, 15) is 0 Å². The first-order valence-electron chi connectivity index (χ1n) is 6.89. The fraction of sp³-hybridized carbons (Fsp3) is 0.235. The molecule has 0 spiro atoms. The summed E-state index contributed by atoms with van der Waals surface area (Å²) in [5.74, 6) is 1.48. The van der Waals surface area contributed by atoms with Crippen molar-refractivity contribution in [2.75, 3.05) is 6.54 Å². The Morgan fingerprint density at radius 1 is 1.20 bits per heavy atom. The molecule has 1 aromatic carbocycles. The normalized spacial score (nSPS) is 10.9. The Morgan fingerprint density at radius 3 is 2.85 bits per heavy atom. The standard InChI is InChI=1S/C17H20N2O/c1-3-8-14-9-5-6-11-16(14)20-17-15(13-18-4-2)10-7-12-19-17/h3,5-12,18H,4,13H2,1-2H3. The molecule has 1 aromatic heterocycles. The van der Waals surface area contributed by atoms with Gasteiger partial charge in [0.1, 0.15) is 5.75 Å². The van der Waals surface area contributed by atoms with E-state index in [0.29, 0.717) is 5.88 Å². The van der Waals surface area contributed by atoms with Crippen LogP contribution in [0.5, 0.6) is 11.6 Å². The third-order valence-corrected chi connectivity index (χ3v) is 2.89. The lowest BCUT2D eigenvalue weighted by Gasteiger charge is -2.11. The van der Waals surface area contributed by atoms with Gasteiger partial charge in [0.05, 0.1) is 0 Å². The first-order valence-corrected chi connectivity index (χ1v) is 6.89. The van der Waals surface area contributed by atoms with Crippen LogP contribution in [0, 0.1) is 0 Å². The van der Waals surface area contributed by atoms with E-state index in [1.807, 2.05) is 55.5 Å². The van der Waals surface area contributed by atoms with Gasteiger partial charge in [-0.2, -0.15) is 0 Å². The molecule has 3 heteroatoms. The van der Waals surface area contributed by atoms with E-state index in [2.05, 4.69) is 17.2 Å². The molecule has 20 heavy (non-hydrogen) atoms. The summed E-state index contributed by atoms with van der Waals surface area (Å²) in [4.78, 5) is 4.34. The lowest BCUT2D eigenvalue weighted by molar-refractivity contribution is 0.452. The highest BCUT2D eigenvalue weighted by Crippen LogP contribution is 2.27. The number of para-hydroxylation sites is 1. The van der Waals surface area contributed by atoms with Crippen LogP contribution in [0.2, 0.25) is 0 Å². The minimum Gasteiger partial charge on any atom is -0.438 e. The van der Waals surface area contributed by atoms with E-state index >= 15 is 0 Å². The number of hydrogen-bond acceptors (Lipinski definition) is 3. The first kappa shape index (κ1) is 14.3. The molecule has 0 atom stereocenters. The maximum Gasteiger partial charge on any atom is 0.223 e. The molecule has 1 heterocycles. The van der Waals surface area contributed by atoms with Crippen molar-refractivity contribution < 1.29 is 4.74 Å². The molecule has 2 aromatic rings. The van der Waals surface area contributed by atoms with Crippen molar-refractivity contribution in [3.8, 4) is 11.6 Å². The van der Waals surface area contributed by atoms with Gasteiger partial charge in [0.2, 0.25) is 5.88 Å². The van der Waals surface area contributed by atoms with Crippen LogP contribution in [-0.2, 0) is 6.54 Å². The van der Waals surface area contributed by atoms with Crippen LogP contribution in [0.25, 0.3) is 6.08 Å². The zero-order valence-corrected chi connectivity index (χ0v) is 12.0. The molecule has 0 fully saturated rings. The number of ether oxygens (including phenoxy) is 1. The lowest BCUT2D eigenvalue weighted by Crippen LogP contribution is -2.12. The average molecular weight is 268 g/mol. The Kier molecular flexibility index (Phi) is 5.33. The van der Waals surface area contributed by atoms with E-state index in [4.69, 9.17) is 4.74 Å². The Bertz CT molecular complexity index is 579. The van der Waals surface area contributed by atoms with Crippen molar-refractivity contribution >= 4 is 6.08 Å². The molecule has 104 valence electrons. The van der Waals surface area contributed by atoms with Crippen LogP contribution in [0.15, 0.2) is 48.7 Å². The van der Waals surface area contributed by atoms with E-state index in [1.54, 1.807) is 6.20 Å². The number of pyridine rings is 1. The van der Waals surface area contributed by atoms with Crippen LogP contribution in [-0.4, -0.2) is 11.5 Å². The van der Waals surface area contributed by atoms with Crippen LogP contribution in [0.4, 0.5) is 0 Å². The Labute approximate surface area is 120 Å². The van der Waals surface area contributed by atoms with Crippen molar-refractivity contribution in [1.82, 2.24) is 10.3 Å². The molecule has 1 N–H and O–H groups in total. The minimum atomic E-state index is 0.658. The average Bonchev–Trinajstić information content (AvgIpc) is 2.49. The summed E-state index contributed by atoms with van der Waals surface area (Å²) >= 11 is 0. The van der Waals surface area contributed by atoms with Crippen molar-refractivity contribution in [2.24, 2.45) is 0 Å². The summed E-state index contributed by atoms with van der Waals surface area (Å²) in [6, 6.07) is 11.9. The maximum atomic E-state index is 5.99. The highest BCUT2D eigenvalue weighted by molar-refractivity contribution is 5.57. The molecule has 3 nitrogen and oxygen atoms in total. The second kappa shape index (κ2) is 7.46. The Morgan fingerprint density at radius 2 is 2.05 bits per heavy atom. The maximum absolute atomic E-state index is 5.99. The minimum absolute atomic E-state index is 0.658. The summed E-state index contributed by atoms with van der Waals surface area (Å²) in [6.07, 6.45) is 5.78. The van der Waals surface area contributed by atoms with Crippen molar-refractivity contribution in [3.63, 3.8) is 0 Å². The van der Waals surface area contributed by atoms with Crippen LogP contribution >= 0.6 is 0 Å². The third-order valence-electron chi connectivity index (χ3n) is 2.89. The fourth-order valence-electron chi connectivity index (χ4n) is 1.91. The third kappa shape index (κ3) is 3.68. The molecule has 0 unspecified atom stereocenters. The molecule has 0 aliphatic rings. The number of hydrogen-bond donors (Lipinski definition) is 1. The summed E-state index contributed by atoms with van der Waals surface area (Å²) in [5.41, 5.74) is 2.11. The lowest BCUT2D eigenvalue weighted by atomic mass is 10.2. The molecule has 0 aliphatic heterocycles. The van der Waals surface area contributed by atoms with Gasteiger partial charge in [-0.1, -0.05) is 43.3 Å². The molecule has 0 aliphatic carbocycles. The quantitative estimate of drug-likeness (QED) is 0.859. The van der Waals surface area contributed by atoms with E-state index in [1.165, 1.54) is 0 Å². The monoisotopic (exact) mass is 268 g/mol. The van der Waals surface area contributed by atoms with Crippen LogP contribution < -0.4 is 10.1 Å². The highest BCUT2D eigenvalue weighted by atomic mass is 16.5. The predicted molar refractivity (Wildman–Crippen MR) is 82.8 cm³/mol. The van der Waals surface area contributed by atoms with Crippen molar-refractivity contribution in [1.29, 1.82) is 0 Å². The number of rotatable bonds is 6. The van der Waals surface area contributed by atoms with Crippen molar-refractivity contribution in [3.05, 3.63) is 59.8 Å². The second-order valence-electron chi connectivity index (χ2n) is 4.39. The van der Waals surface area contributed by atoms with Gasteiger partial charge in [-0.3, -0.25) is 0 Å². The first-order chi connectivity index (χ1) is 9.85. The van der Waals surface area contributed by atoms with Gasteiger partial charge < -0.3 is 10.1 Å². The molecule has 0 amide bonds. The van der Waals surface area contributed by atoms with Crippen LogP contribution in [0.1, 0.15) is 25.0 Å². The van der Waals surface area contributed by atoms with E-state index in [-0.39, 0.29) is 0 Å². The molecule has 0 saturated heterocycles. The van der Waals surface area contributed by atoms with Gasteiger partial charge in [-0.15, -0.1) is 0 Å². The van der Waals surface area contributed by atoms with E-state index < -0.39 is 0 Å². The molecule has 0 radical (unpaired) electrons. The number of allylic oxidation sites excluding steroid dienone is 1. The van der Waals surface area contributed by atoms with Gasteiger partial charge in [0, 0.05) is 23.9 Å². The van der Waals surface area contributed by atoms with Crippen molar-refractivity contribution in [2.45, 2.75) is 20.4 Å². The van der Waals surface area contributed by atoms with Gasteiger partial charge >= 0.3 is 0 Å². The van der Waals surface area contributed by atoms with Gasteiger partial charge in [-0.25, -0.2) is 4.98 Å². The Balaban J connectivity index is 2.26. The molecular weight excluding hydrogens is 248 g/mol. The summed E-state index contributed by atoms with van der Waals surface area (Å²) in [6.45, 7) is 5.75. The zero-order chi connectivity index (χ0) is 14.2. The summed E-state index contributed by atoms with van der Waals surface area (Å²) in [5, 5.41) is 3.30. The van der Waals surface area contributed by atoms with E-state index in [0.717, 1.165) is 30.0 Å². The summed E-state index contributed by atoms with van der Waals surface area (Å²) < 4.78 is 5.99. The smallest absolute Gasteiger partial charge is 0.223 e. The topological polar surface area (TPSA) is 34.1 Å². The van der Waals surface area contributed by atoms with Gasteiger partial charge in [0.25, 0.3) is 0 Å². The number of nitrogens with zero attached hydrogens (tertiary/aromatic N) is 1. The molecular formula is C17H20N2O. The number of nitrogens with one attached hydrogen (secondary N) is 1. The number of benzene rings is 1. The largest absolute Gasteiger partial charge is 0.438 e. The summed E-state index contributed by atoms with van der Waals surface area (Å²) in [7, 11) is 0. The number of aromatic nitrogens is 1. The zero-order valence-electron chi connectivity index (χ0n) is 12.0. The molecule has 0 saturated carbocycles. The fourth-order valence-corrected chi connectivity index (χ4v) is 1.91. The van der Waals surface area contributed by atoms with Gasteiger partial charge in [0.15, 0.2) is 0 Å². The van der Waals surface area contributed by atoms with Gasteiger partial charge in [-0.05, 0) is 25.6 Å². The SMILES string of the molecule is CC=Cc1ccccc1Oc1ncccc1CNCC.